The molecule has 6 nitrogen and oxygen atoms in total. The highest BCUT2D eigenvalue weighted by molar-refractivity contribution is 6.31. The van der Waals surface area contributed by atoms with Crippen molar-refractivity contribution in [2.45, 2.75) is 49.3 Å². The summed E-state index contributed by atoms with van der Waals surface area (Å²) in [5.41, 5.74) is 5.94. The van der Waals surface area contributed by atoms with Crippen LogP contribution < -0.4 is 0 Å². The van der Waals surface area contributed by atoms with Crippen molar-refractivity contribution in [1.29, 1.82) is 0 Å². The Hall–Kier alpha value is -4.66. The van der Waals surface area contributed by atoms with E-state index in [4.69, 9.17) is 55.9 Å². The summed E-state index contributed by atoms with van der Waals surface area (Å²) in [6.45, 7) is 0. The molecule has 58 heavy (non-hydrogen) atoms. The number of rotatable bonds is 8. The van der Waals surface area contributed by atoms with Crippen LogP contribution in [-0.4, -0.2) is 47.9 Å². The molecule has 2 aliphatic heterocycles. The second-order valence-electron chi connectivity index (χ2n) is 14.5. The number of halogens is 4. The Labute approximate surface area is 359 Å². The number of benzene rings is 6. The highest BCUT2D eigenvalue weighted by Gasteiger charge is 2.43. The second kappa shape index (κ2) is 18.9. The molecule has 0 radical (unpaired) electrons. The molecule has 0 spiro atoms. The molecule has 6 aromatic rings. The van der Waals surface area contributed by atoms with Gasteiger partial charge in [0.15, 0.2) is 0 Å². The van der Waals surface area contributed by atoms with Crippen molar-refractivity contribution < 1.29 is 19.1 Å². The summed E-state index contributed by atoms with van der Waals surface area (Å²) in [6.07, 6.45) is -0.759. The van der Waals surface area contributed by atoms with Gasteiger partial charge in [-0.05, 0) is 81.9 Å². The monoisotopic (exact) mass is 850 g/mol. The molecular formula is C48H42Cl4N2O4. The lowest BCUT2D eigenvalue weighted by molar-refractivity contribution is -0.171. The summed E-state index contributed by atoms with van der Waals surface area (Å²) in [4.78, 5) is 29.9. The van der Waals surface area contributed by atoms with E-state index >= 15 is 0 Å². The van der Waals surface area contributed by atoms with Gasteiger partial charge in [0.1, 0.15) is 24.4 Å². The average Bonchev–Trinajstić information content (AvgIpc) is 3.23. The fraction of sp³-hybridized carbons (Fsp3) is 0.208. The van der Waals surface area contributed by atoms with Crippen LogP contribution in [0.25, 0.3) is 0 Å². The quantitative estimate of drug-likeness (QED) is 0.153. The fourth-order valence-corrected chi connectivity index (χ4v) is 8.34. The zero-order valence-corrected chi connectivity index (χ0v) is 35.0. The minimum Gasteiger partial charge on any atom is -0.358 e. The molecule has 8 rings (SSSR count). The number of nitrogens with zero attached hydrogens (tertiary/aromatic N) is 2. The van der Waals surface area contributed by atoms with E-state index in [9.17, 15) is 9.59 Å². The number of carbonyl (C=O) groups excluding carboxylic acids is 2. The van der Waals surface area contributed by atoms with Crippen LogP contribution >= 0.6 is 46.4 Å². The first kappa shape index (κ1) is 41.5. The van der Waals surface area contributed by atoms with E-state index in [1.54, 1.807) is 9.80 Å². The lowest BCUT2D eigenvalue weighted by atomic mass is 9.91. The van der Waals surface area contributed by atoms with E-state index in [1.807, 2.05) is 172 Å². The van der Waals surface area contributed by atoms with Gasteiger partial charge in [0.25, 0.3) is 11.8 Å². The van der Waals surface area contributed by atoms with Crippen LogP contribution in [0.15, 0.2) is 158 Å². The summed E-state index contributed by atoms with van der Waals surface area (Å²) >= 11 is 24.7. The Morgan fingerprint density at radius 1 is 0.431 bits per heavy atom. The van der Waals surface area contributed by atoms with E-state index in [1.165, 1.54) is 0 Å². The maximum absolute atomic E-state index is 13.2. The molecule has 6 aromatic carbocycles. The predicted molar refractivity (Wildman–Crippen MR) is 232 cm³/mol. The van der Waals surface area contributed by atoms with Crippen molar-refractivity contribution in [3.8, 4) is 0 Å². The van der Waals surface area contributed by atoms with Gasteiger partial charge in [-0.15, -0.1) is 0 Å². The normalized spacial score (nSPS) is 22.0. The number of carbonyl (C=O) groups is 2. The number of likely N-dealkylation sites (N-methyl/N-ethyl adjacent to an activating group) is 2. The molecule has 2 fully saturated rings. The number of amides is 2. The van der Waals surface area contributed by atoms with E-state index < -0.39 is 12.2 Å². The lowest BCUT2D eigenvalue weighted by Crippen LogP contribution is -2.49. The van der Waals surface area contributed by atoms with Crippen molar-refractivity contribution in [3.05, 3.63) is 211 Å². The first-order chi connectivity index (χ1) is 28.0. The Balaban J connectivity index is 0.000000177. The van der Waals surface area contributed by atoms with E-state index in [2.05, 4.69) is 0 Å². The minimum absolute atomic E-state index is 0.0351. The molecule has 2 heterocycles. The Morgan fingerprint density at radius 2 is 0.793 bits per heavy atom. The molecule has 296 valence electrons. The summed E-state index contributed by atoms with van der Waals surface area (Å²) in [7, 11) is 3.67. The topological polar surface area (TPSA) is 59.1 Å². The molecular weight excluding hydrogens is 810 g/mol. The molecule has 0 aliphatic carbocycles. The third-order valence-corrected chi connectivity index (χ3v) is 11.6. The largest absolute Gasteiger partial charge is 0.358 e. The molecule has 0 bridgehead atoms. The van der Waals surface area contributed by atoms with Crippen LogP contribution in [0.5, 0.6) is 0 Å². The van der Waals surface area contributed by atoms with Crippen LogP contribution in [-0.2, 0) is 31.9 Å². The SMILES string of the molecule is CN1C(=O)[C@@H](Cc2ccccc2)O[C@H](c2cccc(Cl)c2)[C@@H]1c1ccc(Cl)cc1.CN1C(=O)[C@H](Cc2ccccc2)O[C@@H](c2cccc(Cl)c2)[C@H]1c1ccc(Cl)cc1. The van der Waals surface area contributed by atoms with Crippen molar-refractivity contribution in [2.24, 2.45) is 0 Å². The Bertz CT molecular complexity index is 2150. The molecule has 0 N–H and O–H groups in total. The van der Waals surface area contributed by atoms with Gasteiger partial charge in [-0.25, -0.2) is 0 Å². The van der Waals surface area contributed by atoms with Crippen molar-refractivity contribution >= 4 is 58.2 Å². The second-order valence-corrected chi connectivity index (χ2v) is 16.2. The van der Waals surface area contributed by atoms with Crippen LogP contribution in [0.4, 0.5) is 0 Å². The van der Waals surface area contributed by atoms with Gasteiger partial charge in [-0.1, -0.05) is 156 Å². The zero-order chi connectivity index (χ0) is 40.8. The van der Waals surface area contributed by atoms with Gasteiger partial charge in [-0.3, -0.25) is 9.59 Å². The molecule has 2 amide bonds. The lowest BCUT2D eigenvalue weighted by Gasteiger charge is -2.43. The van der Waals surface area contributed by atoms with Crippen LogP contribution in [0.3, 0.4) is 0 Å². The van der Waals surface area contributed by atoms with Gasteiger partial charge in [0.05, 0.1) is 12.1 Å². The van der Waals surface area contributed by atoms with Gasteiger partial charge in [-0.2, -0.15) is 0 Å². The van der Waals surface area contributed by atoms with E-state index in [-0.39, 0.29) is 36.1 Å². The molecule has 10 heteroatoms. The van der Waals surface area contributed by atoms with Crippen LogP contribution in [0, 0.1) is 0 Å². The predicted octanol–water partition coefficient (Wildman–Crippen LogP) is 11.8. The van der Waals surface area contributed by atoms with Crippen molar-refractivity contribution in [1.82, 2.24) is 9.80 Å². The molecule has 0 saturated carbocycles. The fourth-order valence-electron chi connectivity index (χ4n) is 7.69. The summed E-state index contributed by atoms with van der Waals surface area (Å²) in [5, 5.41) is 2.58. The average molecular weight is 853 g/mol. The Kier molecular flexibility index (Phi) is 13.6. The van der Waals surface area contributed by atoms with Gasteiger partial charge >= 0.3 is 0 Å². The first-order valence-corrected chi connectivity index (χ1v) is 20.5. The summed E-state index contributed by atoms with van der Waals surface area (Å²) < 4.78 is 12.9. The molecule has 0 unspecified atom stereocenters. The third kappa shape index (κ3) is 9.78. The maximum Gasteiger partial charge on any atom is 0.252 e. The van der Waals surface area contributed by atoms with E-state index in [0.29, 0.717) is 32.9 Å². The third-order valence-electron chi connectivity index (χ3n) is 10.6. The minimum atomic E-state index is -0.560. The van der Waals surface area contributed by atoms with E-state index in [0.717, 1.165) is 33.4 Å². The number of ether oxygens (including phenoxy) is 2. The summed E-state index contributed by atoms with van der Waals surface area (Å²) in [6, 6.07) is 49.7. The highest BCUT2D eigenvalue weighted by Crippen LogP contribution is 2.44. The van der Waals surface area contributed by atoms with Crippen molar-refractivity contribution in [2.75, 3.05) is 14.1 Å². The van der Waals surface area contributed by atoms with Crippen LogP contribution in [0.2, 0.25) is 20.1 Å². The van der Waals surface area contributed by atoms with Gasteiger partial charge in [0.2, 0.25) is 0 Å². The molecule has 2 saturated heterocycles. The smallest absolute Gasteiger partial charge is 0.252 e. The highest BCUT2D eigenvalue weighted by atomic mass is 35.5. The summed E-state index contributed by atoms with van der Waals surface area (Å²) in [5.74, 6) is -0.0702. The first-order valence-electron chi connectivity index (χ1n) is 19.0. The molecule has 6 atom stereocenters. The zero-order valence-electron chi connectivity index (χ0n) is 31.9. The maximum atomic E-state index is 13.2. The van der Waals surface area contributed by atoms with Crippen LogP contribution in [0.1, 0.15) is 57.7 Å². The van der Waals surface area contributed by atoms with Crippen molar-refractivity contribution in [3.63, 3.8) is 0 Å². The van der Waals surface area contributed by atoms with Gasteiger partial charge < -0.3 is 19.3 Å². The van der Waals surface area contributed by atoms with Gasteiger partial charge in [0, 0.05) is 47.0 Å². The number of hydrogen-bond acceptors (Lipinski definition) is 4. The Morgan fingerprint density at radius 3 is 1.14 bits per heavy atom. The molecule has 2 aliphatic rings. The molecule has 0 aromatic heterocycles. The number of morpholine rings is 2. The standard InChI is InChI=1S/2C24H21Cl2NO2/c2*1-27-22(17-10-12-19(25)13-11-17)23(18-8-5-9-20(26)15-18)29-21(24(27)28)14-16-6-3-2-4-7-16/h2*2-13,15,21-23H,14H2,1H3/t2*21-,22+,23-/m10/s1. The number of hydrogen-bond donors (Lipinski definition) is 0.